The van der Waals surface area contributed by atoms with Crippen LogP contribution < -0.4 is 16.4 Å². The van der Waals surface area contributed by atoms with E-state index in [9.17, 15) is 14.2 Å². The maximum Gasteiger partial charge on any atom is 0.353 e. The number of rotatable bonds is 8. The number of hydrogen-bond acceptors (Lipinski definition) is 4. The summed E-state index contributed by atoms with van der Waals surface area (Å²) in [4.78, 5) is 40.8. The van der Waals surface area contributed by atoms with E-state index in [-0.39, 0.29) is 24.3 Å². The van der Waals surface area contributed by atoms with Crippen LogP contribution in [0, 0.1) is 5.92 Å². The van der Waals surface area contributed by atoms with Gasteiger partial charge in [-0.1, -0.05) is 20.4 Å². The Balaban J connectivity index is 4.59. The predicted molar refractivity (Wildman–Crippen MR) is 74.6 cm³/mol. The number of nitrogens with one attached hydrogen (secondary N) is 2. The van der Waals surface area contributed by atoms with Crippen molar-refractivity contribution in [1.29, 1.82) is 0 Å². The molecule has 0 heterocycles. The second-order valence-corrected chi connectivity index (χ2v) is 6.50. The first kappa shape index (κ1) is 18.8. The molecule has 116 valence electrons. The maximum atomic E-state index is 11.9. The molecule has 0 aromatic rings. The van der Waals surface area contributed by atoms with Gasteiger partial charge < -0.3 is 26.2 Å². The number of hydrogen-bond donors (Lipinski definition) is 5. The van der Waals surface area contributed by atoms with Crippen LogP contribution in [0.3, 0.4) is 0 Å². The average Bonchev–Trinajstić information content (AvgIpc) is 2.32. The Bertz CT molecular complexity index is 418. The van der Waals surface area contributed by atoms with Crippen LogP contribution in [0.4, 0.5) is 0 Å². The molecule has 0 saturated carbocycles. The van der Waals surface area contributed by atoms with Gasteiger partial charge in [-0.2, -0.15) is 0 Å². The molecular formula is C11H22N3O5P. The molecule has 0 radical (unpaired) electrons. The van der Waals surface area contributed by atoms with Crippen molar-refractivity contribution in [3.63, 3.8) is 0 Å². The Kier molecular flexibility index (Phi) is 7.67. The van der Waals surface area contributed by atoms with Crippen molar-refractivity contribution >= 4 is 19.4 Å². The van der Waals surface area contributed by atoms with Gasteiger partial charge in [-0.3, -0.25) is 14.2 Å². The Morgan fingerprint density at radius 3 is 2.30 bits per heavy atom. The SMILES string of the molecule is C=C(CNC(=O)[C@H](CC(C)C)NC(=O)CN)P(=O)(O)O. The molecule has 0 aromatic carbocycles. The lowest BCUT2D eigenvalue weighted by atomic mass is 10.0. The monoisotopic (exact) mass is 307 g/mol. The van der Waals surface area contributed by atoms with Gasteiger partial charge in [-0.15, -0.1) is 0 Å². The van der Waals surface area contributed by atoms with Crippen LogP contribution >= 0.6 is 7.60 Å². The number of carbonyl (C=O) groups is 2. The molecule has 9 heteroatoms. The summed E-state index contributed by atoms with van der Waals surface area (Å²) in [6.45, 7) is 6.38. The standard InChI is InChI=1S/C11H22N3O5P/c1-7(2)4-9(14-10(15)5-12)11(16)13-6-8(3)20(17,18)19/h7,9H,3-6,12H2,1-2H3,(H,13,16)(H,14,15)(H2,17,18,19)/t9-/m0/s1. The average molecular weight is 307 g/mol. The normalized spacial score (nSPS) is 12.9. The predicted octanol–water partition coefficient (Wildman–Crippen LogP) is -0.716. The van der Waals surface area contributed by atoms with Gasteiger partial charge in [0, 0.05) is 0 Å². The van der Waals surface area contributed by atoms with Crippen LogP contribution in [-0.4, -0.2) is 40.7 Å². The van der Waals surface area contributed by atoms with E-state index < -0.39 is 25.5 Å². The summed E-state index contributed by atoms with van der Waals surface area (Å²) in [6.07, 6.45) is 0.389. The van der Waals surface area contributed by atoms with E-state index in [1.54, 1.807) is 0 Å². The summed E-state index contributed by atoms with van der Waals surface area (Å²) >= 11 is 0. The van der Waals surface area contributed by atoms with Gasteiger partial charge in [0.05, 0.1) is 18.4 Å². The second kappa shape index (κ2) is 8.16. The second-order valence-electron chi connectivity index (χ2n) is 4.78. The third-order valence-electron chi connectivity index (χ3n) is 2.42. The van der Waals surface area contributed by atoms with Crippen LogP contribution in [0.15, 0.2) is 11.9 Å². The number of carbonyl (C=O) groups excluding carboxylic acids is 2. The van der Waals surface area contributed by atoms with Crippen LogP contribution in [-0.2, 0) is 14.2 Å². The Hall–Kier alpha value is -1.21. The lowest BCUT2D eigenvalue weighted by molar-refractivity contribution is -0.128. The minimum atomic E-state index is -4.42. The van der Waals surface area contributed by atoms with Crippen LogP contribution in [0.25, 0.3) is 0 Å². The molecule has 6 N–H and O–H groups in total. The summed E-state index contributed by atoms with van der Waals surface area (Å²) in [5.41, 5.74) is 5.17. The summed E-state index contributed by atoms with van der Waals surface area (Å²) in [7, 11) is -4.42. The summed E-state index contributed by atoms with van der Waals surface area (Å²) in [5.74, 6) is -0.858. The molecule has 1 atom stereocenters. The first-order valence-electron chi connectivity index (χ1n) is 6.09. The van der Waals surface area contributed by atoms with Gasteiger partial charge in [0.2, 0.25) is 11.8 Å². The first-order valence-corrected chi connectivity index (χ1v) is 7.70. The highest BCUT2D eigenvalue weighted by molar-refractivity contribution is 7.56. The zero-order chi connectivity index (χ0) is 15.9. The zero-order valence-corrected chi connectivity index (χ0v) is 12.5. The molecule has 0 aromatic heterocycles. The molecule has 8 nitrogen and oxygen atoms in total. The topological polar surface area (TPSA) is 142 Å². The van der Waals surface area contributed by atoms with Crippen LogP contribution in [0.1, 0.15) is 20.3 Å². The van der Waals surface area contributed by atoms with Crippen molar-refractivity contribution < 1.29 is 23.9 Å². The quantitative estimate of drug-likeness (QED) is 0.375. The molecule has 0 spiro atoms. The fourth-order valence-electron chi connectivity index (χ4n) is 1.37. The fourth-order valence-corrected chi connectivity index (χ4v) is 1.66. The van der Waals surface area contributed by atoms with Crippen molar-refractivity contribution in [2.24, 2.45) is 11.7 Å². The molecule has 0 aliphatic rings. The van der Waals surface area contributed by atoms with Gasteiger partial charge in [0.15, 0.2) is 0 Å². The summed E-state index contributed by atoms with van der Waals surface area (Å²) < 4.78 is 10.9. The Labute approximate surface area is 118 Å². The lowest BCUT2D eigenvalue weighted by Crippen LogP contribution is -2.49. The molecule has 2 amide bonds. The molecule has 0 saturated heterocycles. The molecular weight excluding hydrogens is 285 g/mol. The molecule has 0 unspecified atom stereocenters. The van der Waals surface area contributed by atoms with E-state index in [1.807, 2.05) is 13.8 Å². The minimum Gasteiger partial charge on any atom is -0.350 e. The van der Waals surface area contributed by atoms with Crippen molar-refractivity contribution in [1.82, 2.24) is 10.6 Å². The molecule has 0 bridgehead atoms. The van der Waals surface area contributed by atoms with Gasteiger partial charge in [0.1, 0.15) is 6.04 Å². The number of amides is 2. The van der Waals surface area contributed by atoms with Crippen LogP contribution in [0.5, 0.6) is 0 Å². The van der Waals surface area contributed by atoms with Crippen LogP contribution in [0.2, 0.25) is 0 Å². The maximum absolute atomic E-state index is 11.9. The van der Waals surface area contributed by atoms with Crippen molar-refractivity contribution in [3.8, 4) is 0 Å². The van der Waals surface area contributed by atoms with Crippen molar-refractivity contribution in [2.75, 3.05) is 13.1 Å². The highest BCUT2D eigenvalue weighted by Gasteiger charge is 2.24. The Morgan fingerprint density at radius 2 is 1.90 bits per heavy atom. The molecule has 0 aliphatic heterocycles. The molecule has 20 heavy (non-hydrogen) atoms. The van der Waals surface area contributed by atoms with Gasteiger partial charge in [-0.25, -0.2) is 0 Å². The van der Waals surface area contributed by atoms with E-state index >= 15 is 0 Å². The van der Waals surface area contributed by atoms with E-state index in [4.69, 9.17) is 15.5 Å². The van der Waals surface area contributed by atoms with E-state index in [1.165, 1.54) is 0 Å². The van der Waals surface area contributed by atoms with Crippen molar-refractivity contribution in [2.45, 2.75) is 26.3 Å². The highest BCUT2D eigenvalue weighted by atomic mass is 31.2. The molecule has 0 fully saturated rings. The third kappa shape index (κ3) is 7.40. The van der Waals surface area contributed by atoms with E-state index in [0.717, 1.165) is 0 Å². The zero-order valence-electron chi connectivity index (χ0n) is 11.6. The largest absolute Gasteiger partial charge is 0.353 e. The fraction of sp³-hybridized carbons (Fsp3) is 0.636. The van der Waals surface area contributed by atoms with Gasteiger partial charge in [0.25, 0.3) is 0 Å². The summed E-state index contributed by atoms with van der Waals surface area (Å²) in [6, 6.07) is -0.796. The molecule has 0 rings (SSSR count). The number of nitrogens with two attached hydrogens (primary N) is 1. The van der Waals surface area contributed by atoms with E-state index in [2.05, 4.69) is 17.2 Å². The van der Waals surface area contributed by atoms with E-state index in [0.29, 0.717) is 6.42 Å². The molecule has 0 aliphatic carbocycles. The lowest BCUT2D eigenvalue weighted by Gasteiger charge is -2.20. The van der Waals surface area contributed by atoms with Gasteiger partial charge in [-0.05, 0) is 12.3 Å². The summed E-state index contributed by atoms with van der Waals surface area (Å²) in [5, 5.41) is 4.41. The highest BCUT2D eigenvalue weighted by Crippen LogP contribution is 2.42. The minimum absolute atomic E-state index is 0.147. The van der Waals surface area contributed by atoms with Gasteiger partial charge >= 0.3 is 7.60 Å². The Morgan fingerprint density at radius 1 is 1.35 bits per heavy atom. The van der Waals surface area contributed by atoms with Crippen molar-refractivity contribution in [3.05, 3.63) is 11.9 Å². The smallest absolute Gasteiger partial charge is 0.350 e. The first-order chi connectivity index (χ1) is 9.07. The third-order valence-corrected chi connectivity index (χ3v) is 3.40.